The normalized spacial score (nSPS) is 12.6. The molecule has 1 N–H and O–H groups in total. The maximum atomic E-state index is 12.3. The Morgan fingerprint density at radius 2 is 1.90 bits per heavy atom. The van der Waals surface area contributed by atoms with E-state index in [4.69, 9.17) is 21.1 Å². The zero-order valence-electron chi connectivity index (χ0n) is 17.1. The average molecular weight is 459 g/mol. The molecule has 0 saturated carbocycles. The highest BCUT2D eigenvalue weighted by Crippen LogP contribution is 2.30. The molecule has 0 atom stereocenters. The summed E-state index contributed by atoms with van der Waals surface area (Å²) in [6, 6.07) is 13.4. The van der Waals surface area contributed by atoms with Gasteiger partial charge in [-0.1, -0.05) is 29.4 Å². The lowest BCUT2D eigenvalue weighted by atomic mass is 10.1. The minimum Gasteiger partial charge on any atom is -0.486 e. The number of ether oxygens (including phenoxy) is 2. The first-order valence-corrected chi connectivity index (χ1v) is 11.5. The number of carbonyl (C=O) groups excluding carboxylic acids is 1. The van der Waals surface area contributed by atoms with Gasteiger partial charge in [0.1, 0.15) is 13.2 Å². The second-order valence-corrected chi connectivity index (χ2v) is 8.30. The van der Waals surface area contributed by atoms with Crippen LogP contribution in [0.25, 0.3) is 11.4 Å². The van der Waals surface area contributed by atoms with Crippen LogP contribution in [-0.4, -0.2) is 46.2 Å². The lowest BCUT2D eigenvalue weighted by Gasteiger charge is -2.18. The van der Waals surface area contributed by atoms with Crippen LogP contribution >= 0.6 is 23.4 Å². The molecule has 31 heavy (non-hydrogen) atoms. The van der Waals surface area contributed by atoms with Crippen molar-refractivity contribution in [2.45, 2.75) is 25.0 Å². The SMILES string of the molecule is CCn1c(SCC(=O)NCCc2ccc3c(c2)OCCO3)nnc1-c1ccc(Cl)cc1. The summed E-state index contributed by atoms with van der Waals surface area (Å²) < 4.78 is 13.1. The quantitative estimate of drug-likeness (QED) is 0.517. The minimum atomic E-state index is -0.0405. The van der Waals surface area contributed by atoms with Gasteiger partial charge in [-0.25, -0.2) is 0 Å². The predicted octanol–water partition coefficient (Wildman–Crippen LogP) is 3.84. The van der Waals surface area contributed by atoms with Crippen molar-refractivity contribution in [3.63, 3.8) is 0 Å². The molecule has 3 aromatic rings. The first-order valence-electron chi connectivity index (χ1n) is 10.1. The van der Waals surface area contributed by atoms with E-state index < -0.39 is 0 Å². The van der Waals surface area contributed by atoms with Crippen molar-refractivity contribution in [1.82, 2.24) is 20.1 Å². The Balaban J connectivity index is 1.28. The molecule has 1 aliphatic heterocycles. The average Bonchev–Trinajstić information content (AvgIpc) is 3.21. The molecule has 4 rings (SSSR count). The van der Waals surface area contributed by atoms with Crippen molar-refractivity contribution in [2.75, 3.05) is 25.5 Å². The molecule has 0 unspecified atom stereocenters. The Morgan fingerprint density at radius 3 is 2.68 bits per heavy atom. The summed E-state index contributed by atoms with van der Waals surface area (Å²) in [4.78, 5) is 12.3. The van der Waals surface area contributed by atoms with E-state index in [1.165, 1.54) is 11.8 Å². The van der Waals surface area contributed by atoms with Crippen LogP contribution < -0.4 is 14.8 Å². The third-order valence-corrected chi connectivity index (χ3v) is 6.03. The smallest absolute Gasteiger partial charge is 0.230 e. The number of benzene rings is 2. The number of nitrogens with one attached hydrogen (secondary N) is 1. The van der Waals surface area contributed by atoms with Crippen LogP contribution in [0.3, 0.4) is 0 Å². The van der Waals surface area contributed by atoms with Crippen molar-refractivity contribution in [1.29, 1.82) is 0 Å². The monoisotopic (exact) mass is 458 g/mol. The maximum Gasteiger partial charge on any atom is 0.230 e. The summed E-state index contributed by atoms with van der Waals surface area (Å²) >= 11 is 7.35. The van der Waals surface area contributed by atoms with Gasteiger partial charge in [-0.05, 0) is 55.3 Å². The molecule has 0 spiro atoms. The van der Waals surface area contributed by atoms with Gasteiger partial charge in [-0.15, -0.1) is 10.2 Å². The number of aromatic nitrogens is 3. The molecule has 1 aromatic heterocycles. The lowest BCUT2D eigenvalue weighted by molar-refractivity contribution is -0.118. The first kappa shape index (κ1) is 21.5. The van der Waals surface area contributed by atoms with Crippen LogP contribution in [0.2, 0.25) is 5.02 Å². The minimum absolute atomic E-state index is 0.0405. The van der Waals surface area contributed by atoms with Crippen molar-refractivity contribution < 1.29 is 14.3 Å². The molecule has 2 aromatic carbocycles. The molecule has 0 saturated heterocycles. The Hall–Kier alpha value is -2.71. The lowest BCUT2D eigenvalue weighted by Crippen LogP contribution is -2.27. The molecule has 0 aliphatic carbocycles. The molecule has 1 aliphatic rings. The van der Waals surface area contributed by atoms with Gasteiger partial charge in [0.25, 0.3) is 0 Å². The van der Waals surface area contributed by atoms with Gasteiger partial charge in [0.2, 0.25) is 5.91 Å². The van der Waals surface area contributed by atoms with Gasteiger partial charge in [0.15, 0.2) is 22.5 Å². The Labute approximate surface area is 190 Å². The van der Waals surface area contributed by atoms with E-state index in [2.05, 4.69) is 15.5 Å². The van der Waals surface area contributed by atoms with Crippen LogP contribution in [0.4, 0.5) is 0 Å². The summed E-state index contributed by atoms with van der Waals surface area (Å²) in [5.41, 5.74) is 2.03. The Kier molecular flexibility index (Phi) is 6.99. The number of carbonyl (C=O) groups is 1. The second kappa shape index (κ2) is 10.1. The molecule has 0 bridgehead atoms. The predicted molar refractivity (Wildman–Crippen MR) is 121 cm³/mol. The maximum absolute atomic E-state index is 12.3. The third-order valence-electron chi connectivity index (χ3n) is 4.81. The van der Waals surface area contributed by atoms with E-state index in [0.717, 1.165) is 40.0 Å². The highest BCUT2D eigenvalue weighted by molar-refractivity contribution is 7.99. The van der Waals surface area contributed by atoms with Gasteiger partial charge >= 0.3 is 0 Å². The molecular formula is C22H23ClN4O3S. The summed E-state index contributed by atoms with van der Waals surface area (Å²) in [5.74, 6) is 2.54. The van der Waals surface area contributed by atoms with Gasteiger partial charge in [-0.2, -0.15) is 0 Å². The van der Waals surface area contributed by atoms with Gasteiger partial charge in [0, 0.05) is 23.7 Å². The van der Waals surface area contributed by atoms with E-state index in [9.17, 15) is 4.79 Å². The number of halogens is 1. The van der Waals surface area contributed by atoms with E-state index >= 15 is 0 Å². The second-order valence-electron chi connectivity index (χ2n) is 6.92. The van der Waals surface area contributed by atoms with Crippen molar-refractivity contribution >= 4 is 29.3 Å². The van der Waals surface area contributed by atoms with Gasteiger partial charge < -0.3 is 19.4 Å². The summed E-state index contributed by atoms with van der Waals surface area (Å²) in [6.07, 6.45) is 0.721. The molecule has 2 heterocycles. The fourth-order valence-corrected chi connectivity index (χ4v) is 4.22. The molecule has 162 valence electrons. The zero-order chi connectivity index (χ0) is 21.6. The fraction of sp³-hybridized carbons (Fsp3) is 0.318. The Morgan fingerprint density at radius 1 is 1.13 bits per heavy atom. The number of rotatable bonds is 8. The van der Waals surface area contributed by atoms with Crippen LogP contribution in [-0.2, 0) is 17.8 Å². The number of hydrogen-bond acceptors (Lipinski definition) is 6. The molecule has 1 amide bonds. The van der Waals surface area contributed by atoms with E-state index in [1.54, 1.807) is 0 Å². The number of nitrogens with zero attached hydrogens (tertiary/aromatic N) is 3. The van der Waals surface area contributed by atoms with Crippen molar-refractivity contribution in [2.24, 2.45) is 0 Å². The summed E-state index contributed by atoms with van der Waals surface area (Å²) in [6.45, 7) is 4.42. The molecule has 7 nitrogen and oxygen atoms in total. The summed E-state index contributed by atoms with van der Waals surface area (Å²) in [5, 5.41) is 12.9. The topological polar surface area (TPSA) is 78.3 Å². The Bertz CT molecular complexity index is 1060. The standard InChI is InChI=1S/C22H23ClN4O3S/c1-2-27-21(16-4-6-17(23)7-5-16)25-26-22(27)31-14-20(28)24-10-9-15-3-8-18-19(13-15)30-12-11-29-18/h3-8,13H,2,9-12,14H2,1H3,(H,24,28). The van der Waals surface area contributed by atoms with E-state index in [-0.39, 0.29) is 11.7 Å². The molecule has 0 radical (unpaired) electrons. The molecule has 9 heteroatoms. The van der Waals surface area contributed by atoms with Crippen LogP contribution in [0, 0.1) is 0 Å². The number of hydrogen-bond donors (Lipinski definition) is 1. The van der Waals surface area contributed by atoms with Crippen LogP contribution in [0.15, 0.2) is 47.6 Å². The van der Waals surface area contributed by atoms with Crippen LogP contribution in [0.5, 0.6) is 11.5 Å². The van der Waals surface area contributed by atoms with Crippen molar-refractivity contribution in [3.8, 4) is 22.9 Å². The van der Waals surface area contributed by atoms with Gasteiger partial charge in [0.05, 0.1) is 5.75 Å². The van der Waals surface area contributed by atoms with E-state index in [0.29, 0.717) is 31.3 Å². The van der Waals surface area contributed by atoms with Crippen LogP contribution in [0.1, 0.15) is 12.5 Å². The highest BCUT2D eigenvalue weighted by atomic mass is 35.5. The number of thioether (sulfide) groups is 1. The molecular weight excluding hydrogens is 436 g/mol. The highest BCUT2D eigenvalue weighted by Gasteiger charge is 2.15. The van der Waals surface area contributed by atoms with Gasteiger partial charge in [-0.3, -0.25) is 4.79 Å². The number of fused-ring (bicyclic) bond motifs is 1. The summed E-state index contributed by atoms with van der Waals surface area (Å²) in [7, 11) is 0. The third kappa shape index (κ3) is 5.32. The largest absolute Gasteiger partial charge is 0.486 e. The fourth-order valence-electron chi connectivity index (χ4n) is 3.26. The molecule has 0 fully saturated rings. The first-order chi connectivity index (χ1) is 15.1. The van der Waals surface area contributed by atoms with Crippen molar-refractivity contribution in [3.05, 3.63) is 53.1 Å². The van der Waals surface area contributed by atoms with E-state index in [1.807, 2.05) is 54.0 Å². The number of amides is 1. The zero-order valence-corrected chi connectivity index (χ0v) is 18.7.